The lowest BCUT2D eigenvalue weighted by Gasteiger charge is -2.32. The van der Waals surface area contributed by atoms with Gasteiger partial charge in [-0.1, -0.05) is 0 Å². The molecule has 1 amide bonds. The van der Waals surface area contributed by atoms with Gasteiger partial charge in [-0.05, 0) is 47.4 Å². The minimum atomic E-state index is 0.218. The fraction of sp³-hybridized carbons (Fsp3) is 0.353. The number of amides is 1. The van der Waals surface area contributed by atoms with E-state index in [1.165, 1.54) is 0 Å². The van der Waals surface area contributed by atoms with Gasteiger partial charge in [-0.2, -0.15) is 16.4 Å². The number of aromatic amines is 1. The van der Waals surface area contributed by atoms with Gasteiger partial charge in [0.25, 0.3) is 0 Å². The topological polar surface area (TPSA) is 61.9 Å². The van der Waals surface area contributed by atoms with Gasteiger partial charge in [0.05, 0.1) is 12.6 Å². The van der Waals surface area contributed by atoms with E-state index in [4.69, 9.17) is 0 Å². The Labute approximate surface area is 138 Å². The maximum Gasteiger partial charge on any atom is 0.227 e. The zero-order chi connectivity index (χ0) is 15.6. The van der Waals surface area contributed by atoms with Gasteiger partial charge >= 0.3 is 0 Å². The highest BCUT2D eigenvalue weighted by atomic mass is 32.1. The molecule has 3 aromatic rings. The number of rotatable bonds is 3. The highest BCUT2D eigenvalue weighted by Crippen LogP contribution is 2.27. The Balaban J connectivity index is 1.48. The van der Waals surface area contributed by atoms with Crippen LogP contribution in [0.3, 0.4) is 0 Å². The molecule has 0 aromatic carbocycles. The Morgan fingerprint density at radius 2 is 2.35 bits per heavy atom. The van der Waals surface area contributed by atoms with E-state index in [2.05, 4.69) is 21.2 Å². The first kappa shape index (κ1) is 14.4. The second kappa shape index (κ2) is 6.12. The molecule has 0 bridgehead atoms. The van der Waals surface area contributed by atoms with Crippen molar-refractivity contribution in [2.45, 2.75) is 25.2 Å². The van der Waals surface area contributed by atoms with Crippen LogP contribution in [0.1, 0.15) is 30.0 Å². The highest BCUT2D eigenvalue weighted by Gasteiger charge is 2.25. The first-order valence-electron chi connectivity index (χ1n) is 7.88. The number of nitrogens with one attached hydrogen (secondary N) is 1. The molecule has 4 heterocycles. The smallest absolute Gasteiger partial charge is 0.227 e. The number of pyridine rings is 1. The lowest BCUT2D eigenvalue weighted by atomic mass is 9.93. The van der Waals surface area contributed by atoms with Crippen LogP contribution in [0.25, 0.3) is 11.0 Å². The van der Waals surface area contributed by atoms with Gasteiger partial charge in [0.2, 0.25) is 5.91 Å². The van der Waals surface area contributed by atoms with Gasteiger partial charge in [-0.3, -0.25) is 9.89 Å². The van der Waals surface area contributed by atoms with Crippen LogP contribution < -0.4 is 0 Å². The van der Waals surface area contributed by atoms with Crippen molar-refractivity contribution in [1.29, 1.82) is 0 Å². The number of aromatic nitrogens is 3. The first-order valence-corrected chi connectivity index (χ1v) is 8.83. The number of piperidine rings is 1. The lowest BCUT2D eigenvalue weighted by molar-refractivity contribution is -0.131. The average Bonchev–Trinajstić information content (AvgIpc) is 3.25. The number of H-pyrrole nitrogens is 1. The van der Waals surface area contributed by atoms with E-state index in [9.17, 15) is 4.79 Å². The first-order chi connectivity index (χ1) is 11.3. The van der Waals surface area contributed by atoms with E-state index in [1.54, 1.807) is 17.5 Å². The number of hydrogen-bond donors (Lipinski definition) is 1. The van der Waals surface area contributed by atoms with Crippen LogP contribution in [-0.4, -0.2) is 39.1 Å². The summed E-state index contributed by atoms with van der Waals surface area (Å²) in [6.45, 7) is 1.61. The quantitative estimate of drug-likeness (QED) is 0.805. The molecule has 0 spiro atoms. The molecule has 0 saturated carbocycles. The Morgan fingerprint density at radius 1 is 1.39 bits per heavy atom. The van der Waals surface area contributed by atoms with Crippen molar-refractivity contribution in [3.8, 4) is 0 Å². The summed E-state index contributed by atoms with van der Waals surface area (Å²) in [5, 5.41) is 12.0. The summed E-state index contributed by atoms with van der Waals surface area (Å²) in [5.74, 6) is 0.526. The van der Waals surface area contributed by atoms with Crippen molar-refractivity contribution in [2.24, 2.45) is 0 Å². The molecule has 1 aliphatic heterocycles. The Bertz CT molecular complexity index is 811. The summed E-state index contributed by atoms with van der Waals surface area (Å²) >= 11 is 1.64. The van der Waals surface area contributed by atoms with Crippen molar-refractivity contribution in [1.82, 2.24) is 20.1 Å². The number of carbonyl (C=O) groups excluding carboxylic acids is 1. The van der Waals surface area contributed by atoms with E-state index in [0.29, 0.717) is 12.3 Å². The second-order valence-electron chi connectivity index (χ2n) is 6.03. The third-order valence-electron chi connectivity index (χ3n) is 4.45. The van der Waals surface area contributed by atoms with E-state index >= 15 is 0 Å². The van der Waals surface area contributed by atoms with Gasteiger partial charge in [0.1, 0.15) is 0 Å². The van der Waals surface area contributed by atoms with Crippen LogP contribution in [-0.2, 0) is 11.2 Å². The number of thiophene rings is 1. The molecule has 0 aliphatic carbocycles. The predicted molar refractivity (Wildman–Crippen MR) is 90.5 cm³/mol. The summed E-state index contributed by atoms with van der Waals surface area (Å²) in [4.78, 5) is 19.2. The predicted octanol–water partition coefficient (Wildman–Crippen LogP) is 2.97. The largest absolute Gasteiger partial charge is 0.342 e. The molecule has 1 aliphatic rings. The summed E-state index contributed by atoms with van der Waals surface area (Å²) in [6.07, 6.45) is 4.39. The van der Waals surface area contributed by atoms with Crippen molar-refractivity contribution in [3.05, 3.63) is 46.4 Å². The number of carbonyl (C=O) groups is 1. The van der Waals surface area contributed by atoms with Crippen LogP contribution in [0.2, 0.25) is 0 Å². The second-order valence-corrected chi connectivity index (χ2v) is 6.81. The lowest BCUT2D eigenvalue weighted by Crippen LogP contribution is -2.40. The molecule has 1 N–H and O–H groups in total. The van der Waals surface area contributed by atoms with Gasteiger partial charge in [0, 0.05) is 30.1 Å². The zero-order valence-corrected chi connectivity index (χ0v) is 13.6. The average molecular weight is 326 g/mol. The van der Waals surface area contributed by atoms with Crippen LogP contribution in [0.4, 0.5) is 0 Å². The minimum absolute atomic E-state index is 0.218. The summed E-state index contributed by atoms with van der Waals surface area (Å²) in [5.41, 5.74) is 2.98. The van der Waals surface area contributed by atoms with Gasteiger partial charge in [-0.15, -0.1) is 0 Å². The Morgan fingerprint density at radius 3 is 3.22 bits per heavy atom. The zero-order valence-electron chi connectivity index (χ0n) is 12.7. The fourth-order valence-corrected chi connectivity index (χ4v) is 3.86. The molecule has 23 heavy (non-hydrogen) atoms. The van der Waals surface area contributed by atoms with Crippen molar-refractivity contribution in [3.63, 3.8) is 0 Å². The molecule has 5 nitrogen and oxygen atoms in total. The number of nitrogens with zero attached hydrogens (tertiary/aromatic N) is 3. The minimum Gasteiger partial charge on any atom is -0.342 e. The van der Waals surface area contributed by atoms with Crippen molar-refractivity contribution >= 4 is 28.3 Å². The molecule has 1 fully saturated rings. The fourth-order valence-electron chi connectivity index (χ4n) is 3.19. The summed E-state index contributed by atoms with van der Waals surface area (Å²) < 4.78 is 0. The molecule has 0 radical (unpaired) electrons. The molecular weight excluding hydrogens is 308 g/mol. The standard InChI is InChI=1S/C17H18N4OS/c22-16(8-12-5-7-23-11-12)21-6-1-2-14(10-21)15-4-3-13-9-18-20-17(13)19-15/h3-5,7,9,11,14H,1-2,6,8,10H2,(H,18,19,20)/t14-/m0/s1. The molecule has 1 saturated heterocycles. The van der Waals surface area contributed by atoms with Crippen molar-refractivity contribution < 1.29 is 4.79 Å². The van der Waals surface area contributed by atoms with Crippen LogP contribution >= 0.6 is 11.3 Å². The molecule has 1 atom stereocenters. The third-order valence-corrected chi connectivity index (χ3v) is 5.18. The maximum absolute atomic E-state index is 12.5. The third kappa shape index (κ3) is 2.99. The van der Waals surface area contributed by atoms with Crippen LogP contribution in [0.15, 0.2) is 35.2 Å². The number of fused-ring (bicyclic) bond motifs is 1. The maximum atomic E-state index is 12.5. The van der Waals surface area contributed by atoms with Crippen LogP contribution in [0.5, 0.6) is 0 Å². The van der Waals surface area contributed by atoms with Gasteiger partial charge < -0.3 is 4.90 Å². The molecule has 3 aromatic heterocycles. The van der Waals surface area contributed by atoms with Crippen molar-refractivity contribution in [2.75, 3.05) is 13.1 Å². The van der Waals surface area contributed by atoms with E-state index in [-0.39, 0.29) is 5.91 Å². The van der Waals surface area contributed by atoms with E-state index in [0.717, 1.165) is 48.2 Å². The Kier molecular flexibility index (Phi) is 3.83. The summed E-state index contributed by atoms with van der Waals surface area (Å²) in [7, 11) is 0. The number of likely N-dealkylation sites (tertiary alicyclic amines) is 1. The molecule has 0 unspecified atom stereocenters. The normalized spacial score (nSPS) is 18.4. The van der Waals surface area contributed by atoms with E-state index in [1.807, 2.05) is 27.8 Å². The van der Waals surface area contributed by atoms with Gasteiger partial charge in [-0.25, -0.2) is 4.98 Å². The monoisotopic (exact) mass is 326 g/mol. The molecular formula is C17H18N4OS. The molecule has 4 rings (SSSR count). The van der Waals surface area contributed by atoms with Crippen LogP contribution in [0, 0.1) is 0 Å². The van der Waals surface area contributed by atoms with Gasteiger partial charge in [0.15, 0.2) is 5.65 Å². The SMILES string of the molecule is O=C(Cc1ccsc1)N1CCC[C@H](c2ccc3cn[nH]c3n2)C1. The highest BCUT2D eigenvalue weighted by molar-refractivity contribution is 7.08. The number of hydrogen-bond acceptors (Lipinski definition) is 4. The molecule has 118 valence electrons. The Hall–Kier alpha value is -2.21. The summed E-state index contributed by atoms with van der Waals surface area (Å²) in [6, 6.07) is 6.14. The molecule has 6 heteroatoms. The van der Waals surface area contributed by atoms with E-state index < -0.39 is 0 Å².